The molecule has 4 rings (SSSR count). The monoisotopic (exact) mass is 382 g/mol. The van der Waals surface area contributed by atoms with Crippen LogP contribution in [0, 0.1) is 34.5 Å². The molecule has 0 amide bonds. The summed E-state index contributed by atoms with van der Waals surface area (Å²) in [6.07, 6.45) is 18.4. The van der Waals surface area contributed by atoms with E-state index in [1.165, 1.54) is 51.4 Å². The van der Waals surface area contributed by atoms with E-state index in [1.54, 1.807) is 16.7 Å². The van der Waals surface area contributed by atoms with Crippen LogP contribution in [0.25, 0.3) is 0 Å². The van der Waals surface area contributed by atoms with Gasteiger partial charge >= 0.3 is 0 Å². The molecule has 28 heavy (non-hydrogen) atoms. The lowest BCUT2D eigenvalue weighted by molar-refractivity contribution is 0.110. The number of aliphatic hydroxyl groups excluding tert-OH is 1. The van der Waals surface area contributed by atoms with Gasteiger partial charge in [0.15, 0.2) is 0 Å². The van der Waals surface area contributed by atoms with Crippen LogP contribution in [0.5, 0.6) is 0 Å². The summed E-state index contributed by atoms with van der Waals surface area (Å²) >= 11 is 0. The lowest BCUT2D eigenvalue weighted by Crippen LogP contribution is -2.42. The Morgan fingerprint density at radius 3 is 2.68 bits per heavy atom. The van der Waals surface area contributed by atoms with E-state index in [0.717, 1.165) is 24.2 Å². The molecule has 0 aliphatic heterocycles. The standard InChI is InChI=1S/C27H42O/c1-18(2)7-6-8-19(3)23-11-12-24-22-10-9-20-17-21(28)13-15-26(20,4)25(22)14-16-27(23,24)5/h12-13,15,18-21,23,28H,6-11,14,16-17H2,1-5H3/t19-,20+,21+,23-,26+,27-/m1/s1. The smallest absolute Gasteiger partial charge is 0.0724 e. The highest BCUT2D eigenvalue weighted by molar-refractivity contribution is 5.51. The molecule has 6 atom stereocenters. The molecule has 0 spiro atoms. The van der Waals surface area contributed by atoms with Crippen LogP contribution < -0.4 is 0 Å². The van der Waals surface area contributed by atoms with E-state index in [2.05, 4.69) is 52.8 Å². The zero-order valence-electron chi connectivity index (χ0n) is 18.9. The predicted molar refractivity (Wildman–Crippen MR) is 119 cm³/mol. The Morgan fingerprint density at radius 2 is 1.93 bits per heavy atom. The maximum Gasteiger partial charge on any atom is 0.0724 e. The van der Waals surface area contributed by atoms with Crippen molar-refractivity contribution in [3.63, 3.8) is 0 Å². The van der Waals surface area contributed by atoms with Gasteiger partial charge in [-0.25, -0.2) is 0 Å². The van der Waals surface area contributed by atoms with Crippen molar-refractivity contribution in [1.82, 2.24) is 0 Å². The Kier molecular flexibility index (Phi) is 5.45. The first-order valence-corrected chi connectivity index (χ1v) is 12.1. The Morgan fingerprint density at radius 1 is 1.14 bits per heavy atom. The third kappa shape index (κ3) is 3.26. The second kappa shape index (κ2) is 7.46. The van der Waals surface area contributed by atoms with Gasteiger partial charge in [-0.2, -0.15) is 0 Å². The molecule has 0 aromatic carbocycles. The van der Waals surface area contributed by atoms with Gasteiger partial charge in [0, 0.05) is 5.41 Å². The molecule has 4 aliphatic rings. The van der Waals surface area contributed by atoms with E-state index in [4.69, 9.17) is 0 Å². The van der Waals surface area contributed by atoms with Gasteiger partial charge in [-0.1, -0.05) is 77.7 Å². The summed E-state index contributed by atoms with van der Waals surface area (Å²) in [7, 11) is 0. The Hall–Kier alpha value is -0.820. The molecule has 0 saturated heterocycles. The molecule has 0 heterocycles. The summed E-state index contributed by atoms with van der Waals surface area (Å²) in [6.45, 7) is 12.3. The highest BCUT2D eigenvalue weighted by Gasteiger charge is 2.51. The van der Waals surface area contributed by atoms with Gasteiger partial charge in [-0.05, 0) is 78.8 Å². The normalized spacial score (nSPS) is 40.8. The molecule has 0 fully saturated rings. The molecule has 1 nitrogen and oxygen atoms in total. The van der Waals surface area contributed by atoms with Crippen LogP contribution in [-0.4, -0.2) is 11.2 Å². The second-order valence-electron chi connectivity index (χ2n) is 11.3. The third-order valence-corrected chi connectivity index (χ3v) is 9.15. The van der Waals surface area contributed by atoms with E-state index < -0.39 is 0 Å². The highest BCUT2D eigenvalue weighted by Crippen LogP contribution is 2.63. The number of aliphatic hydroxyl groups is 1. The van der Waals surface area contributed by atoms with Crippen molar-refractivity contribution >= 4 is 0 Å². The van der Waals surface area contributed by atoms with Crippen molar-refractivity contribution in [1.29, 1.82) is 0 Å². The topological polar surface area (TPSA) is 20.2 Å². The van der Waals surface area contributed by atoms with Crippen molar-refractivity contribution in [2.24, 2.45) is 34.5 Å². The Bertz CT molecular complexity index is 695. The van der Waals surface area contributed by atoms with Gasteiger partial charge < -0.3 is 5.11 Å². The van der Waals surface area contributed by atoms with Crippen LogP contribution in [0.2, 0.25) is 0 Å². The number of allylic oxidation sites excluding steroid dienone is 5. The first kappa shape index (κ1) is 20.5. The van der Waals surface area contributed by atoms with Crippen molar-refractivity contribution in [2.45, 2.75) is 98.5 Å². The van der Waals surface area contributed by atoms with Crippen LogP contribution in [0.4, 0.5) is 0 Å². The molecule has 0 aromatic rings. The summed E-state index contributed by atoms with van der Waals surface area (Å²) in [5, 5.41) is 10.1. The van der Waals surface area contributed by atoms with E-state index in [-0.39, 0.29) is 11.5 Å². The van der Waals surface area contributed by atoms with E-state index in [1.807, 2.05) is 0 Å². The van der Waals surface area contributed by atoms with Gasteiger partial charge in [0.25, 0.3) is 0 Å². The number of fused-ring (bicyclic) bond motifs is 4. The van der Waals surface area contributed by atoms with Crippen LogP contribution in [-0.2, 0) is 0 Å². The Balaban J connectivity index is 1.56. The zero-order valence-corrected chi connectivity index (χ0v) is 18.9. The van der Waals surface area contributed by atoms with Crippen molar-refractivity contribution in [3.8, 4) is 0 Å². The van der Waals surface area contributed by atoms with Crippen LogP contribution >= 0.6 is 0 Å². The van der Waals surface area contributed by atoms with E-state index >= 15 is 0 Å². The average molecular weight is 383 g/mol. The van der Waals surface area contributed by atoms with Crippen LogP contribution in [0.15, 0.2) is 34.9 Å². The van der Waals surface area contributed by atoms with Gasteiger partial charge in [0.1, 0.15) is 0 Å². The molecular formula is C27H42O. The molecule has 4 aliphatic carbocycles. The molecule has 0 bridgehead atoms. The summed E-state index contributed by atoms with van der Waals surface area (Å²) in [5.74, 6) is 3.12. The van der Waals surface area contributed by atoms with Gasteiger partial charge in [0.05, 0.1) is 6.10 Å². The van der Waals surface area contributed by atoms with E-state index in [0.29, 0.717) is 11.3 Å². The average Bonchev–Trinajstić information content (AvgIpc) is 2.99. The molecule has 156 valence electrons. The largest absolute Gasteiger partial charge is 0.389 e. The molecule has 0 aromatic heterocycles. The minimum Gasteiger partial charge on any atom is -0.389 e. The third-order valence-electron chi connectivity index (χ3n) is 9.15. The quantitative estimate of drug-likeness (QED) is 0.497. The van der Waals surface area contributed by atoms with Crippen LogP contribution in [0.1, 0.15) is 92.4 Å². The maximum absolute atomic E-state index is 10.1. The van der Waals surface area contributed by atoms with E-state index in [9.17, 15) is 5.11 Å². The fourth-order valence-electron chi connectivity index (χ4n) is 7.36. The first-order chi connectivity index (χ1) is 13.3. The number of hydrogen-bond acceptors (Lipinski definition) is 1. The van der Waals surface area contributed by atoms with Gasteiger partial charge in [-0.15, -0.1) is 0 Å². The number of hydrogen-bond donors (Lipinski definition) is 1. The minimum absolute atomic E-state index is 0.190. The predicted octanol–water partition coefficient (Wildman–Crippen LogP) is 7.23. The lowest BCUT2D eigenvalue weighted by Gasteiger charge is -2.52. The summed E-state index contributed by atoms with van der Waals surface area (Å²) < 4.78 is 0. The minimum atomic E-state index is -0.226. The van der Waals surface area contributed by atoms with Crippen molar-refractivity contribution in [2.75, 3.05) is 0 Å². The summed E-state index contributed by atoms with van der Waals surface area (Å²) in [5.41, 5.74) is 5.77. The first-order valence-electron chi connectivity index (χ1n) is 12.1. The van der Waals surface area contributed by atoms with Crippen molar-refractivity contribution < 1.29 is 5.11 Å². The molecule has 1 N–H and O–H groups in total. The SMILES string of the molecule is CC(C)CCC[C@@H](C)[C@H]1CC=C2C3=C(CC[C@@]21C)[C@@]1(C)C=C[C@H](O)C[C@@H]1CC3. The lowest BCUT2D eigenvalue weighted by atomic mass is 9.53. The molecule has 0 unspecified atom stereocenters. The molecule has 0 radical (unpaired) electrons. The summed E-state index contributed by atoms with van der Waals surface area (Å²) in [6, 6.07) is 0. The molecule has 0 saturated carbocycles. The van der Waals surface area contributed by atoms with Gasteiger partial charge in [-0.3, -0.25) is 0 Å². The fraction of sp³-hybridized carbons (Fsp3) is 0.778. The number of rotatable bonds is 5. The zero-order chi connectivity index (χ0) is 20.1. The second-order valence-corrected chi connectivity index (χ2v) is 11.3. The van der Waals surface area contributed by atoms with Crippen molar-refractivity contribution in [3.05, 3.63) is 34.9 Å². The highest BCUT2D eigenvalue weighted by atomic mass is 16.3. The molecule has 1 heteroatoms. The Labute approximate surface area is 173 Å². The molecular weight excluding hydrogens is 340 g/mol. The fourth-order valence-corrected chi connectivity index (χ4v) is 7.36. The summed E-state index contributed by atoms with van der Waals surface area (Å²) in [4.78, 5) is 0. The van der Waals surface area contributed by atoms with Crippen LogP contribution in [0.3, 0.4) is 0 Å². The van der Waals surface area contributed by atoms with Gasteiger partial charge in [0.2, 0.25) is 0 Å². The maximum atomic E-state index is 10.1.